The van der Waals surface area contributed by atoms with E-state index >= 15 is 0 Å². The number of carbonyl (C=O) groups is 1. The second-order valence-corrected chi connectivity index (χ2v) is 7.55. The molecule has 2 rings (SSSR count). The summed E-state index contributed by atoms with van der Waals surface area (Å²) in [5.41, 5.74) is 0.319. The zero-order chi connectivity index (χ0) is 16.2. The summed E-state index contributed by atoms with van der Waals surface area (Å²) in [4.78, 5) is 16.6. The van der Waals surface area contributed by atoms with E-state index < -0.39 is 5.54 Å². The molecule has 1 aromatic carbocycles. The summed E-state index contributed by atoms with van der Waals surface area (Å²) in [6.07, 6.45) is 6.99. The van der Waals surface area contributed by atoms with Crippen molar-refractivity contribution < 1.29 is 4.79 Å². The first-order chi connectivity index (χ1) is 10.5. The van der Waals surface area contributed by atoms with Crippen LogP contribution >= 0.6 is 34.7 Å². The molecule has 6 heteroatoms. The lowest BCUT2D eigenvalue weighted by molar-refractivity contribution is -0.119. The summed E-state index contributed by atoms with van der Waals surface area (Å²) in [5, 5.41) is 3.62. The molecule has 0 aliphatic rings. The lowest BCUT2D eigenvalue weighted by Gasteiger charge is -2.26. The Morgan fingerprint density at radius 2 is 2.23 bits per heavy atom. The second kappa shape index (κ2) is 7.36. The molecule has 0 saturated carbocycles. The maximum atomic E-state index is 12.1. The highest BCUT2D eigenvalue weighted by Gasteiger charge is 2.25. The monoisotopic (exact) mass is 352 g/mol. The Bertz CT molecular complexity index is 716. The van der Waals surface area contributed by atoms with Crippen LogP contribution in [0.2, 0.25) is 5.02 Å². The molecule has 0 aliphatic heterocycles. The number of amides is 1. The predicted molar refractivity (Wildman–Crippen MR) is 95.6 cm³/mol. The Morgan fingerprint density at radius 3 is 2.86 bits per heavy atom. The highest BCUT2D eigenvalue weighted by atomic mass is 35.5. The highest BCUT2D eigenvalue weighted by molar-refractivity contribution is 8.01. The van der Waals surface area contributed by atoms with E-state index in [9.17, 15) is 4.79 Å². The molecule has 2 aromatic rings. The Balaban J connectivity index is 1.99. The molecule has 116 valence electrons. The van der Waals surface area contributed by atoms with Gasteiger partial charge >= 0.3 is 0 Å². The van der Waals surface area contributed by atoms with Gasteiger partial charge in [-0.05, 0) is 31.0 Å². The lowest BCUT2D eigenvalue weighted by atomic mass is 9.94. The van der Waals surface area contributed by atoms with Gasteiger partial charge in [0.25, 0.3) is 0 Å². The van der Waals surface area contributed by atoms with Gasteiger partial charge in [-0.15, -0.1) is 17.8 Å². The maximum absolute atomic E-state index is 12.1. The van der Waals surface area contributed by atoms with E-state index in [0.717, 1.165) is 27.4 Å². The fraction of sp³-hybridized carbons (Fsp3) is 0.375. The zero-order valence-corrected chi connectivity index (χ0v) is 14.9. The van der Waals surface area contributed by atoms with E-state index in [-0.39, 0.29) is 5.91 Å². The number of thiazole rings is 1. The molecule has 22 heavy (non-hydrogen) atoms. The standard InChI is InChI=1S/C16H17ClN2OS2/c1-4-16(5-2,6-3)19-14(20)10-21-15-18-12-9-11(17)7-8-13(12)22-15/h1,7-9H,5-6,10H2,2-3H3,(H,19,20). The van der Waals surface area contributed by atoms with Crippen LogP contribution < -0.4 is 5.32 Å². The molecule has 0 fully saturated rings. The first-order valence-corrected chi connectivity index (χ1v) is 9.17. The van der Waals surface area contributed by atoms with Crippen molar-refractivity contribution in [3.63, 3.8) is 0 Å². The van der Waals surface area contributed by atoms with Crippen molar-refractivity contribution in [2.75, 3.05) is 5.75 Å². The number of thioether (sulfide) groups is 1. The van der Waals surface area contributed by atoms with Crippen molar-refractivity contribution in [2.45, 2.75) is 36.6 Å². The van der Waals surface area contributed by atoms with Crippen molar-refractivity contribution >= 4 is 50.8 Å². The zero-order valence-electron chi connectivity index (χ0n) is 12.5. The number of nitrogens with one attached hydrogen (secondary N) is 1. The lowest BCUT2D eigenvalue weighted by Crippen LogP contribution is -2.47. The van der Waals surface area contributed by atoms with Crippen LogP contribution in [0.25, 0.3) is 10.2 Å². The fourth-order valence-corrected chi connectivity index (χ4v) is 4.05. The number of benzene rings is 1. The number of rotatable bonds is 6. The maximum Gasteiger partial charge on any atom is 0.231 e. The van der Waals surface area contributed by atoms with Gasteiger partial charge in [0.05, 0.1) is 16.0 Å². The Kier molecular flexibility index (Phi) is 5.74. The summed E-state index contributed by atoms with van der Waals surface area (Å²) >= 11 is 8.92. The van der Waals surface area contributed by atoms with Crippen LogP contribution in [0.1, 0.15) is 26.7 Å². The van der Waals surface area contributed by atoms with Crippen molar-refractivity contribution in [1.82, 2.24) is 10.3 Å². The number of fused-ring (bicyclic) bond motifs is 1. The first-order valence-electron chi connectivity index (χ1n) is 6.99. The Morgan fingerprint density at radius 1 is 1.50 bits per heavy atom. The van der Waals surface area contributed by atoms with Gasteiger partial charge in [-0.1, -0.05) is 43.1 Å². The van der Waals surface area contributed by atoms with Crippen LogP contribution in [0.3, 0.4) is 0 Å². The highest BCUT2D eigenvalue weighted by Crippen LogP contribution is 2.31. The molecular formula is C16H17ClN2OS2. The van der Waals surface area contributed by atoms with Gasteiger partial charge in [-0.2, -0.15) is 0 Å². The Hall–Kier alpha value is -1.22. The molecule has 0 aliphatic carbocycles. The van der Waals surface area contributed by atoms with Crippen molar-refractivity contribution in [2.24, 2.45) is 0 Å². The molecule has 0 atom stereocenters. The van der Waals surface area contributed by atoms with Gasteiger partial charge in [0.15, 0.2) is 4.34 Å². The largest absolute Gasteiger partial charge is 0.339 e. The summed E-state index contributed by atoms with van der Waals surface area (Å²) in [6, 6.07) is 5.61. The van der Waals surface area contributed by atoms with Gasteiger partial charge in [0.1, 0.15) is 5.54 Å². The summed E-state index contributed by atoms with van der Waals surface area (Å²) in [7, 11) is 0. The van der Waals surface area contributed by atoms with Crippen molar-refractivity contribution in [1.29, 1.82) is 0 Å². The number of terminal acetylenes is 1. The molecule has 0 radical (unpaired) electrons. The number of halogens is 1. The molecular weight excluding hydrogens is 336 g/mol. The third kappa shape index (κ3) is 3.95. The number of aromatic nitrogens is 1. The van der Waals surface area contributed by atoms with Crippen LogP contribution in [0, 0.1) is 12.3 Å². The molecule has 0 saturated heterocycles. The van der Waals surface area contributed by atoms with E-state index in [1.807, 2.05) is 32.0 Å². The van der Waals surface area contributed by atoms with E-state index in [1.54, 1.807) is 11.3 Å². The molecule has 0 unspecified atom stereocenters. The SMILES string of the molecule is C#CC(CC)(CC)NC(=O)CSc1nc2cc(Cl)ccc2s1. The quantitative estimate of drug-likeness (QED) is 0.620. The average molecular weight is 353 g/mol. The van der Waals surface area contributed by atoms with Gasteiger partial charge in [0.2, 0.25) is 5.91 Å². The van der Waals surface area contributed by atoms with Gasteiger partial charge in [-0.3, -0.25) is 4.79 Å². The molecule has 0 spiro atoms. The third-order valence-electron chi connectivity index (χ3n) is 3.52. The van der Waals surface area contributed by atoms with Crippen LogP contribution in [-0.4, -0.2) is 22.2 Å². The smallest absolute Gasteiger partial charge is 0.231 e. The number of hydrogen-bond acceptors (Lipinski definition) is 4. The minimum Gasteiger partial charge on any atom is -0.339 e. The van der Waals surface area contributed by atoms with Crippen molar-refractivity contribution in [3.8, 4) is 12.3 Å². The molecule has 0 bridgehead atoms. The third-order valence-corrected chi connectivity index (χ3v) is 5.93. The van der Waals surface area contributed by atoms with E-state index in [0.29, 0.717) is 10.8 Å². The normalized spacial score (nSPS) is 11.4. The molecule has 1 N–H and O–H groups in total. The summed E-state index contributed by atoms with van der Waals surface area (Å²) in [5.74, 6) is 2.94. The topological polar surface area (TPSA) is 42.0 Å². The molecule has 1 heterocycles. The van der Waals surface area contributed by atoms with Gasteiger partial charge < -0.3 is 5.32 Å². The fourth-order valence-electron chi connectivity index (χ4n) is 2.04. The summed E-state index contributed by atoms with van der Waals surface area (Å²) in [6.45, 7) is 3.96. The minimum atomic E-state index is -0.543. The summed E-state index contributed by atoms with van der Waals surface area (Å²) < 4.78 is 1.92. The van der Waals surface area contributed by atoms with Crippen LogP contribution in [-0.2, 0) is 4.79 Å². The number of nitrogens with zero attached hydrogens (tertiary/aromatic N) is 1. The van der Waals surface area contributed by atoms with Crippen LogP contribution in [0.5, 0.6) is 0 Å². The average Bonchev–Trinajstić information content (AvgIpc) is 2.93. The van der Waals surface area contributed by atoms with E-state index in [1.165, 1.54) is 11.8 Å². The van der Waals surface area contributed by atoms with Crippen LogP contribution in [0.4, 0.5) is 0 Å². The molecule has 1 aromatic heterocycles. The van der Waals surface area contributed by atoms with E-state index in [2.05, 4.69) is 16.2 Å². The first kappa shape index (κ1) is 17.1. The van der Waals surface area contributed by atoms with Crippen molar-refractivity contribution in [3.05, 3.63) is 23.2 Å². The van der Waals surface area contributed by atoms with Crippen LogP contribution in [0.15, 0.2) is 22.5 Å². The minimum absolute atomic E-state index is 0.0658. The van der Waals surface area contributed by atoms with Gasteiger partial charge in [0, 0.05) is 5.02 Å². The van der Waals surface area contributed by atoms with Gasteiger partial charge in [-0.25, -0.2) is 4.98 Å². The number of carbonyl (C=O) groups excluding carboxylic acids is 1. The number of hydrogen-bond donors (Lipinski definition) is 1. The predicted octanol–water partition coefficient (Wildman–Crippen LogP) is 4.35. The molecule has 1 amide bonds. The molecule has 3 nitrogen and oxygen atoms in total. The van der Waals surface area contributed by atoms with E-state index in [4.69, 9.17) is 18.0 Å². The Labute approximate surface area is 143 Å². The second-order valence-electron chi connectivity index (χ2n) is 4.86.